The number of halogens is 1. The van der Waals surface area contributed by atoms with Crippen LogP contribution in [0.5, 0.6) is 0 Å². The molecule has 142 valence electrons. The zero-order chi connectivity index (χ0) is 17.6. The summed E-state index contributed by atoms with van der Waals surface area (Å²) in [7, 11) is -1.21. The Balaban J connectivity index is 0.00000312. The molecule has 0 aliphatic carbocycles. The van der Waals surface area contributed by atoms with Gasteiger partial charge >= 0.3 is 0 Å². The van der Waals surface area contributed by atoms with Gasteiger partial charge in [0.1, 0.15) is 0 Å². The van der Waals surface area contributed by atoms with Gasteiger partial charge in [-0.25, -0.2) is 8.42 Å². The van der Waals surface area contributed by atoms with Gasteiger partial charge in [-0.15, -0.1) is 24.0 Å². The highest BCUT2D eigenvalue weighted by Gasteiger charge is 2.28. The summed E-state index contributed by atoms with van der Waals surface area (Å²) in [6.45, 7) is 5.25. The van der Waals surface area contributed by atoms with Crippen molar-refractivity contribution in [2.24, 2.45) is 4.99 Å². The minimum atomic E-state index is -2.89. The van der Waals surface area contributed by atoms with E-state index in [1.807, 2.05) is 32.0 Å². The predicted molar refractivity (Wildman–Crippen MR) is 112 cm³/mol. The first kappa shape index (κ1) is 22.2. The second kappa shape index (κ2) is 10.3. The van der Waals surface area contributed by atoms with Gasteiger partial charge in [-0.3, -0.25) is 4.99 Å². The van der Waals surface area contributed by atoms with Crippen LogP contribution < -0.4 is 10.6 Å². The number of nitrogens with one attached hydrogen (secondary N) is 2. The molecule has 0 radical (unpaired) electrons. The van der Waals surface area contributed by atoms with E-state index in [2.05, 4.69) is 21.7 Å². The molecule has 0 saturated carbocycles. The predicted octanol–water partition coefficient (Wildman–Crippen LogP) is 2.08. The van der Waals surface area contributed by atoms with Crippen molar-refractivity contribution in [1.82, 2.24) is 10.6 Å². The van der Waals surface area contributed by atoms with E-state index in [1.54, 1.807) is 7.05 Å². The molecular weight excluding hydrogens is 453 g/mol. The van der Waals surface area contributed by atoms with Gasteiger partial charge in [-0.2, -0.15) is 0 Å². The van der Waals surface area contributed by atoms with E-state index in [1.165, 1.54) is 0 Å². The Morgan fingerprint density at radius 2 is 2.08 bits per heavy atom. The third-order valence-corrected chi connectivity index (χ3v) is 5.60. The standard InChI is InChI=1S/C17H27N3O3S.HI/c1-13(2)23-11-15-6-4-5-14(9-15)10-19-17(18-3)20-16-7-8-24(21,22)12-16;/h4-6,9,13,16H,7-8,10-12H2,1-3H3,(H2,18,19,20);1H. The summed E-state index contributed by atoms with van der Waals surface area (Å²) in [5, 5.41) is 6.42. The summed E-state index contributed by atoms with van der Waals surface area (Å²) in [5.41, 5.74) is 2.26. The molecule has 1 saturated heterocycles. The minimum Gasteiger partial charge on any atom is -0.374 e. The van der Waals surface area contributed by atoms with Crippen molar-refractivity contribution in [3.8, 4) is 0 Å². The van der Waals surface area contributed by atoms with Crippen molar-refractivity contribution in [2.75, 3.05) is 18.6 Å². The van der Waals surface area contributed by atoms with Crippen molar-refractivity contribution < 1.29 is 13.2 Å². The van der Waals surface area contributed by atoms with Gasteiger partial charge in [0.25, 0.3) is 0 Å². The molecule has 6 nitrogen and oxygen atoms in total. The van der Waals surface area contributed by atoms with Crippen LogP contribution in [0.25, 0.3) is 0 Å². The zero-order valence-corrected chi connectivity index (χ0v) is 18.1. The van der Waals surface area contributed by atoms with E-state index in [0.29, 0.717) is 25.5 Å². The fraction of sp³-hybridized carbons (Fsp3) is 0.588. The van der Waals surface area contributed by atoms with E-state index in [-0.39, 0.29) is 47.6 Å². The Hall–Kier alpha value is -0.870. The lowest BCUT2D eigenvalue weighted by Crippen LogP contribution is -2.43. The molecule has 0 spiro atoms. The van der Waals surface area contributed by atoms with Gasteiger partial charge in [-0.05, 0) is 31.4 Å². The number of benzene rings is 1. The Kier molecular flexibility index (Phi) is 9.15. The number of sulfone groups is 1. The number of ether oxygens (including phenoxy) is 1. The van der Waals surface area contributed by atoms with Crippen LogP contribution in [0.4, 0.5) is 0 Å². The van der Waals surface area contributed by atoms with Gasteiger partial charge in [0, 0.05) is 19.6 Å². The van der Waals surface area contributed by atoms with E-state index in [4.69, 9.17) is 4.74 Å². The van der Waals surface area contributed by atoms with Gasteiger partial charge in [-0.1, -0.05) is 24.3 Å². The maximum absolute atomic E-state index is 11.5. The van der Waals surface area contributed by atoms with Crippen LogP contribution in [0.3, 0.4) is 0 Å². The monoisotopic (exact) mass is 481 g/mol. The number of aliphatic imine (C=N–C) groups is 1. The fourth-order valence-corrected chi connectivity index (χ4v) is 4.25. The average molecular weight is 481 g/mol. The molecule has 1 aromatic rings. The Morgan fingerprint density at radius 1 is 1.36 bits per heavy atom. The molecule has 1 aromatic carbocycles. The molecule has 1 unspecified atom stereocenters. The number of hydrogen-bond acceptors (Lipinski definition) is 4. The van der Waals surface area contributed by atoms with E-state index < -0.39 is 9.84 Å². The van der Waals surface area contributed by atoms with Crippen molar-refractivity contribution in [3.05, 3.63) is 35.4 Å². The summed E-state index contributed by atoms with van der Waals surface area (Å²) in [4.78, 5) is 4.17. The maximum Gasteiger partial charge on any atom is 0.191 e. The molecule has 1 heterocycles. The number of hydrogen-bond donors (Lipinski definition) is 2. The third-order valence-electron chi connectivity index (χ3n) is 3.83. The Bertz CT molecular complexity index is 677. The minimum absolute atomic E-state index is 0. The first-order valence-corrected chi connectivity index (χ1v) is 10.1. The van der Waals surface area contributed by atoms with E-state index in [0.717, 1.165) is 11.1 Å². The summed E-state index contributed by atoms with van der Waals surface area (Å²) in [6.07, 6.45) is 0.836. The van der Waals surface area contributed by atoms with E-state index in [9.17, 15) is 8.42 Å². The Labute approximate surface area is 167 Å². The molecule has 1 fully saturated rings. The lowest BCUT2D eigenvalue weighted by atomic mass is 10.1. The van der Waals surface area contributed by atoms with Crippen LogP contribution in [0.15, 0.2) is 29.3 Å². The van der Waals surface area contributed by atoms with Crippen LogP contribution in [0, 0.1) is 0 Å². The molecule has 2 N–H and O–H groups in total. The zero-order valence-electron chi connectivity index (χ0n) is 15.0. The highest BCUT2D eigenvalue weighted by atomic mass is 127. The second-order valence-corrected chi connectivity index (χ2v) is 8.58. The van der Waals surface area contributed by atoms with Gasteiger partial charge in [0.15, 0.2) is 15.8 Å². The molecule has 0 amide bonds. The number of guanidine groups is 1. The maximum atomic E-state index is 11.5. The normalized spacial score (nSPS) is 19.5. The topological polar surface area (TPSA) is 79.8 Å². The van der Waals surface area contributed by atoms with Gasteiger partial charge in [0.05, 0.1) is 24.2 Å². The second-order valence-electron chi connectivity index (χ2n) is 6.35. The smallest absolute Gasteiger partial charge is 0.191 e. The van der Waals surface area contributed by atoms with Crippen LogP contribution in [0.2, 0.25) is 0 Å². The summed E-state index contributed by atoms with van der Waals surface area (Å²) in [5.74, 6) is 1.05. The lowest BCUT2D eigenvalue weighted by Gasteiger charge is -2.16. The van der Waals surface area contributed by atoms with Crippen molar-refractivity contribution in [2.45, 2.75) is 45.6 Å². The third kappa shape index (κ3) is 7.91. The SMILES string of the molecule is CN=C(NCc1cccc(COC(C)C)c1)NC1CCS(=O)(=O)C1.I. The first-order valence-electron chi connectivity index (χ1n) is 8.25. The van der Waals surface area contributed by atoms with Crippen LogP contribution in [-0.2, 0) is 27.7 Å². The largest absolute Gasteiger partial charge is 0.374 e. The molecular formula is C17H28IN3O3S. The van der Waals surface area contributed by atoms with Crippen LogP contribution in [0.1, 0.15) is 31.4 Å². The molecule has 1 aliphatic heterocycles. The molecule has 1 atom stereocenters. The molecule has 0 bridgehead atoms. The molecule has 0 aromatic heterocycles. The highest BCUT2D eigenvalue weighted by molar-refractivity contribution is 14.0. The first-order chi connectivity index (χ1) is 11.4. The van der Waals surface area contributed by atoms with Crippen molar-refractivity contribution in [1.29, 1.82) is 0 Å². The summed E-state index contributed by atoms with van der Waals surface area (Å²) >= 11 is 0. The molecule has 8 heteroatoms. The van der Waals surface area contributed by atoms with Crippen molar-refractivity contribution >= 4 is 39.8 Å². The average Bonchev–Trinajstić information content (AvgIpc) is 2.88. The lowest BCUT2D eigenvalue weighted by molar-refractivity contribution is 0.0657. The summed E-state index contributed by atoms with van der Waals surface area (Å²) < 4.78 is 28.7. The van der Waals surface area contributed by atoms with Gasteiger partial charge in [0.2, 0.25) is 0 Å². The quantitative estimate of drug-likeness (QED) is 0.370. The van der Waals surface area contributed by atoms with Gasteiger partial charge < -0.3 is 15.4 Å². The van der Waals surface area contributed by atoms with E-state index >= 15 is 0 Å². The number of rotatable bonds is 6. The van der Waals surface area contributed by atoms with Crippen molar-refractivity contribution in [3.63, 3.8) is 0 Å². The summed E-state index contributed by atoms with van der Waals surface area (Å²) in [6, 6.07) is 8.13. The molecule has 25 heavy (non-hydrogen) atoms. The Morgan fingerprint density at radius 3 is 2.68 bits per heavy atom. The highest BCUT2D eigenvalue weighted by Crippen LogP contribution is 2.11. The van der Waals surface area contributed by atoms with Crippen LogP contribution in [-0.4, -0.2) is 45.1 Å². The van der Waals surface area contributed by atoms with Crippen LogP contribution >= 0.6 is 24.0 Å². The fourth-order valence-electron chi connectivity index (χ4n) is 2.57. The number of nitrogens with zero attached hydrogens (tertiary/aromatic N) is 1. The molecule has 1 aliphatic rings. The molecule has 2 rings (SSSR count).